The van der Waals surface area contributed by atoms with E-state index >= 15 is 0 Å². The van der Waals surface area contributed by atoms with E-state index in [2.05, 4.69) is 10.1 Å². The Kier molecular flexibility index (Phi) is 1.68. The van der Waals surface area contributed by atoms with Crippen LogP contribution in [0.4, 0.5) is 0 Å². The minimum atomic E-state index is 0.183. The number of carbonyl (C=O) groups excluding carboxylic acids is 1. The van der Waals surface area contributed by atoms with Gasteiger partial charge in [-0.1, -0.05) is 0 Å². The number of pyridine rings is 1. The summed E-state index contributed by atoms with van der Waals surface area (Å²) in [5.41, 5.74) is 2.57. The first kappa shape index (κ1) is 8.35. The number of Topliss-reactive ketones (excluding diaryl/α,β-unsaturated/α-hetero) is 1. The van der Waals surface area contributed by atoms with Crippen LogP contribution < -0.4 is 0 Å². The summed E-state index contributed by atoms with van der Waals surface area (Å²) in [5.74, 6) is 0.183. The molecule has 0 unspecified atom stereocenters. The fraction of sp³-hybridized carbons (Fsp3) is 0.182. The Morgan fingerprint density at radius 1 is 1.27 bits per heavy atom. The van der Waals surface area contributed by atoms with E-state index in [-0.39, 0.29) is 5.78 Å². The number of aryl methyl sites for hydroxylation is 1. The predicted molar refractivity (Wildman–Crippen MR) is 54.4 cm³/mol. The van der Waals surface area contributed by atoms with Crippen LogP contribution in [0.25, 0.3) is 11.3 Å². The van der Waals surface area contributed by atoms with E-state index in [1.54, 1.807) is 17.1 Å². The fourth-order valence-corrected chi connectivity index (χ4v) is 1.81. The highest BCUT2D eigenvalue weighted by Crippen LogP contribution is 2.22. The lowest BCUT2D eigenvalue weighted by Crippen LogP contribution is -1.94. The normalized spacial score (nSPS) is 14.3. The van der Waals surface area contributed by atoms with Crippen LogP contribution in [0.15, 0.2) is 30.6 Å². The molecular weight excluding hydrogens is 190 g/mol. The van der Waals surface area contributed by atoms with Gasteiger partial charge in [0.15, 0.2) is 5.78 Å². The van der Waals surface area contributed by atoms with Crippen molar-refractivity contribution in [2.24, 2.45) is 0 Å². The molecule has 0 saturated heterocycles. The number of carbonyl (C=O) groups is 1. The molecule has 0 aliphatic carbocycles. The molecule has 0 radical (unpaired) electrons. The molecule has 1 aliphatic rings. The molecule has 0 atom stereocenters. The second-order valence-electron chi connectivity index (χ2n) is 3.55. The average molecular weight is 199 g/mol. The van der Waals surface area contributed by atoms with Crippen molar-refractivity contribution in [3.05, 3.63) is 36.3 Å². The molecule has 15 heavy (non-hydrogen) atoms. The summed E-state index contributed by atoms with van der Waals surface area (Å²) < 4.78 is 1.78. The van der Waals surface area contributed by atoms with E-state index in [0.717, 1.165) is 17.0 Å². The molecule has 3 rings (SSSR count). The number of aromatic nitrogens is 3. The largest absolute Gasteiger partial charge is 0.292 e. The summed E-state index contributed by atoms with van der Waals surface area (Å²) in [4.78, 5) is 15.4. The molecule has 0 bridgehead atoms. The molecule has 74 valence electrons. The molecule has 0 saturated carbocycles. The molecule has 4 heteroatoms. The van der Waals surface area contributed by atoms with Crippen LogP contribution in [0.5, 0.6) is 0 Å². The Morgan fingerprint density at radius 3 is 2.80 bits per heavy atom. The summed E-state index contributed by atoms with van der Waals surface area (Å²) in [6, 6.07) is 5.63. The lowest BCUT2D eigenvalue weighted by atomic mass is 10.2. The predicted octanol–water partition coefficient (Wildman–Crippen LogP) is 1.53. The molecule has 0 spiro atoms. The Balaban J connectivity index is 2.09. The van der Waals surface area contributed by atoms with Gasteiger partial charge in [0, 0.05) is 30.9 Å². The Labute approximate surface area is 86.6 Å². The topological polar surface area (TPSA) is 47.8 Å². The highest BCUT2D eigenvalue weighted by atomic mass is 16.1. The van der Waals surface area contributed by atoms with Crippen LogP contribution in [-0.4, -0.2) is 20.5 Å². The van der Waals surface area contributed by atoms with Crippen LogP contribution in [-0.2, 0) is 6.54 Å². The zero-order valence-corrected chi connectivity index (χ0v) is 8.05. The van der Waals surface area contributed by atoms with Gasteiger partial charge in [0.25, 0.3) is 0 Å². The van der Waals surface area contributed by atoms with Crippen molar-refractivity contribution in [3.8, 4) is 11.3 Å². The van der Waals surface area contributed by atoms with E-state index < -0.39 is 0 Å². The van der Waals surface area contributed by atoms with Gasteiger partial charge in [-0.25, -0.2) is 0 Å². The van der Waals surface area contributed by atoms with Crippen LogP contribution in [0.3, 0.4) is 0 Å². The van der Waals surface area contributed by atoms with E-state index in [1.165, 1.54) is 0 Å². The molecule has 1 aliphatic heterocycles. The lowest BCUT2D eigenvalue weighted by molar-refractivity contribution is 0.0994. The van der Waals surface area contributed by atoms with Crippen LogP contribution >= 0.6 is 0 Å². The molecule has 2 aromatic rings. The van der Waals surface area contributed by atoms with Crippen molar-refractivity contribution in [2.45, 2.75) is 13.0 Å². The van der Waals surface area contributed by atoms with Gasteiger partial charge in [0.1, 0.15) is 5.69 Å². The monoisotopic (exact) mass is 199 g/mol. The SMILES string of the molecule is O=C1CCn2nc(-c3ccncc3)cc21. The first-order chi connectivity index (χ1) is 7.34. The number of nitrogens with zero attached hydrogens (tertiary/aromatic N) is 3. The third kappa shape index (κ3) is 1.26. The summed E-state index contributed by atoms with van der Waals surface area (Å²) in [6.45, 7) is 0.708. The quantitative estimate of drug-likeness (QED) is 0.699. The maximum atomic E-state index is 11.4. The van der Waals surface area contributed by atoms with Gasteiger partial charge < -0.3 is 0 Å². The lowest BCUT2D eigenvalue weighted by Gasteiger charge is -1.94. The van der Waals surface area contributed by atoms with Crippen molar-refractivity contribution in [1.29, 1.82) is 0 Å². The smallest absolute Gasteiger partial charge is 0.182 e. The van der Waals surface area contributed by atoms with E-state index in [1.807, 2.05) is 18.2 Å². The molecule has 3 heterocycles. The average Bonchev–Trinajstić information content (AvgIpc) is 2.83. The van der Waals surface area contributed by atoms with Gasteiger partial charge in [-0.2, -0.15) is 5.10 Å². The Morgan fingerprint density at radius 2 is 2.07 bits per heavy atom. The summed E-state index contributed by atoms with van der Waals surface area (Å²) in [7, 11) is 0. The maximum absolute atomic E-state index is 11.4. The first-order valence-electron chi connectivity index (χ1n) is 4.86. The van der Waals surface area contributed by atoms with Crippen LogP contribution in [0.2, 0.25) is 0 Å². The first-order valence-corrected chi connectivity index (χ1v) is 4.86. The zero-order chi connectivity index (χ0) is 10.3. The Hall–Kier alpha value is -1.97. The second-order valence-corrected chi connectivity index (χ2v) is 3.55. The highest BCUT2D eigenvalue weighted by molar-refractivity contribution is 5.97. The molecule has 2 aromatic heterocycles. The molecule has 0 aromatic carbocycles. The van der Waals surface area contributed by atoms with Gasteiger partial charge in [-0.05, 0) is 18.2 Å². The molecular formula is C11H9N3O. The van der Waals surface area contributed by atoms with Crippen LogP contribution in [0.1, 0.15) is 16.9 Å². The summed E-state index contributed by atoms with van der Waals surface area (Å²) in [5, 5.41) is 4.38. The van der Waals surface area contributed by atoms with Gasteiger partial charge in [0.05, 0.1) is 5.69 Å². The van der Waals surface area contributed by atoms with Crippen LogP contribution in [0, 0.1) is 0 Å². The van der Waals surface area contributed by atoms with Gasteiger partial charge >= 0.3 is 0 Å². The third-order valence-corrected chi connectivity index (χ3v) is 2.59. The highest BCUT2D eigenvalue weighted by Gasteiger charge is 2.21. The van der Waals surface area contributed by atoms with Crippen molar-refractivity contribution in [2.75, 3.05) is 0 Å². The minimum Gasteiger partial charge on any atom is -0.292 e. The molecule has 0 amide bonds. The van der Waals surface area contributed by atoms with Gasteiger partial charge in [0.2, 0.25) is 0 Å². The molecule has 0 fully saturated rings. The van der Waals surface area contributed by atoms with Gasteiger partial charge in [-0.3, -0.25) is 14.5 Å². The maximum Gasteiger partial charge on any atom is 0.182 e. The fourth-order valence-electron chi connectivity index (χ4n) is 1.81. The number of hydrogen-bond acceptors (Lipinski definition) is 3. The van der Waals surface area contributed by atoms with Crippen molar-refractivity contribution >= 4 is 5.78 Å². The van der Waals surface area contributed by atoms with E-state index in [9.17, 15) is 4.79 Å². The molecule has 4 nitrogen and oxygen atoms in total. The zero-order valence-electron chi connectivity index (χ0n) is 8.05. The summed E-state index contributed by atoms with van der Waals surface area (Å²) >= 11 is 0. The standard InChI is InChI=1S/C11H9N3O/c15-11-3-6-14-10(11)7-9(13-14)8-1-4-12-5-2-8/h1-2,4-5,7H,3,6H2. The van der Waals surface area contributed by atoms with E-state index in [4.69, 9.17) is 0 Å². The second kappa shape index (κ2) is 3.02. The molecule has 0 N–H and O–H groups in total. The summed E-state index contributed by atoms with van der Waals surface area (Å²) in [6.07, 6.45) is 4.03. The minimum absolute atomic E-state index is 0.183. The van der Waals surface area contributed by atoms with Crippen molar-refractivity contribution < 1.29 is 4.79 Å². The third-order valence-electron chi connectivity index (χ3n) is 2.59. The van der Waals surface area contributed by atoms with Crippen molar-refractivity contribution in [1.82, 2.24) is 14.8 Å². The number of ketones is 1. The Bertz CT molecular complexity index is 516. The van der Waals surface area contributed by atoms with Crippen molar-refractivity contribution in [3.63, 3.8) is 0 Å². The number of fused-ring (bicyclic) bond motifs is 1. The number of rotatable bonds is 1. The van der Waals surface area contributed by atoms with E-state index in [0.29, 0.717) is 13.0 Å². The number of hydrogen-bond donors (Lipinski definition) is 0. The van der Waals surface area contributed by atoms with Gasteiger partial charge in [-0.15, -0.1) is 0 Å².